The van der Waals surface area contributed by atoms with Crippen LogP contribution in [0.1, 0.15) is 0 Å². The molecule has 0 aliphatic rings. The molecule has 0 fully saturated rings. The summed E-state index contributed by atoms with van der Waals surface area (Å²) in [6.07, 6.45) is -4.87. The van der Waals surface area contributed by atoms with E-state index in [4.69, 9.17) is 0 Å². The van der Waals surface area contributed by atoms with E-state index in [-0.39, 0.29) is 11.1 Å². The van der Waals surface area contributed by atoms with Crippen LogP contribution in [0.25, 0.3) is 11.1 Å². The smallest absolute Gasteiger partial charge is 0.405 e. The van der Waals surface area contributed by atoms with Crippen LogP contribution in [0.5, 0.6) is 5.75 Å². The van der Waals surface area contributed by atoms with Crippen LogP contribution in [0.2, 0.25) is 0 Å². The number of rotatable bonds is 2. The third-order valence-corrected chi connectivity index (χ3v) is 2.24. The Morgan fingerprint density at radius 2 is 1.79 bits per heavy atom. The normalized spacial score (nSPS) is 11.4. The molecule has 0 spiro atoms. The lowest BCUT2D eigenvalue weighted by Crippen LogP contribution is -2.17. The molecule has 0 aliphatic heterocycles. The van der Waals surface area contributed by atoms with E-state index in [9.17, 15) is 22.4 Å². The molecule has 0 aliphatic carbocycles. The highest BCUT2D eigenvalue weighted by molar-refractivity contribution is 5.69. The van der Waals surface area contributed by atoms with Crippen LogP contribution in [-0.2, 0) is 0 Å². The number of pyridine rings is 1. The molecule has 0 unspecified atom stereocenters. The fourth-order valence-electron chi connectivity index (χ4n) is 1.58. The van der Waals surface area contributed by atoms with Crippen molar-refractivity contribution in [1.82, 2.24) is 4.98 Å². The molecule has 2 aromatic rings. The zero-order valence-corrected chi connectivity index (χ0v) is 9.29. The second-order valence-corrected chi connectivity index (χ2v) is 3.63. The molecule has 1 heterocycles. The van der Waals surface area contributed by atoms with Crippen molar-refractivity contribution < 1.29 is 22.3 Å². The predicted octanol–water partition coefficient (Wildman–Crippen LogP) is 3.08. The maximum Gasteiger partial charge on any atom is 0.573 e. The largest absolute Gasteiger partial charge is 0.573 e. The van der Waals surface area contributed by atoms with Gasteiger partial charge in [-0.25, -0.2) is 0 Å². The molecule has 0 radical (unpaired) electrons. The molecule has 1 aromatic heterocycles. The molecule has 3 nitrogen and oxygen atoms in total. The van der Waals surface area contributed by atoms with Crippen molar-refractivity contribution in [3.05, 3.63) is 52.7 Å². The van der Waals surface area contributed by atoms with Gasteiger partial charge in [0.25, 0.3) is 5.56 Å². The number of ether oxygens (including phenoxy) is 1. The van der Waals surface area contributed by atoms with Gasteiger partial charge in [-0.1, -0.05) is 18.2 Å². The summed E-state index contributed by atoms with van der Waals surface area (Å²) in [5, 5.41) is 0. The Bertz CT molecular complexity index is 649. The average Bonchev–Trinajstić information content (AvgIpc) is 2.26. The summed E-state index contributed by atoms with van der Waals surface area (Å²) in [6, 6.07) is 7.09. The maximum absolute atomic E-state index is 13.1. The van der Waals surface area contributed by atoms with Crippen molar-refractivity contribution >= 4 is 0 Å². The van der Waals surface area contributed by atoms with E-state index in [0.717, 1.165) is 18.2 Å². The zero-order chi connectivity index (χ0) is 14.0. The molecule has 0 atom stereocenters. The Morgan fingerprint density at radius 3 is 2.42 bits per heavy atom. The summed E-state index contributed by atoms with van der Waals surface area (Å²) < 4.78 is 53.6. The number of nitrogens with one attached hydrogen (secondary N) is 1. The number of para-hydroxylation sites is 1. The Labute approximate surface area is 104 Å². The van der Waals surface area contributed by atoms with Crippen molar-refractivity contribution in [2.75, 3.05) is 0 Å². The molecule has 100 valence electrons. The van der Waals surface area contributed by atoms with Crippen LogP contribution in [-0.4, -0.2) is 11.3 Å². The number of H-pyrrole nitrogens is 1. The first-order valence-electron chi connectivity index (χ1n) is 5.10. The summed E-state index contributed by atoms with van der Waals surface area (Å²) in [5.41, 5.74) is -0.775. The Balaban J connectivity index is 2.53. The van der Waals surface area contributed by atoms with Gasteiger partial charge in [0, 0.05) is 11.6 Å². The van der Waals surface area contributed by atoms with E-state index >= 15 is 0 Å². The first kappa shape index (κ1) is 13.1. The average molecular weight is 273 g/mol. The van der Waals surface area contributed by atoms with Crippen molar-refractivity contribution in [2.45, 2.75) is 6.36 Å². The monoisotopic (exact) mass is 273 g/mol. The molecule has 7 heteroatoms. The SMILES string of the molecule is O=c1cc(-c2ccccc2OC(F)(F)F)cc(F)[nH]1. The van der Waals surface area contributed by atoms with E-state index in [1.165, 1.54) is 18.2 Å². The van der Waals surface area contributed by atoms with Gasteiger partial charge in [-0.15, -0.1) is 13.2 Å². The molecule has 0 saturated carbocycles. The molecular formula is C12H7F4NO2. The highest BCUT2D eigenvalue weighted by atomic mass is 19.4. The Hall–Kier alpha value is -2.31. The van der Waals surface area contributed by atoms with E-state index in [1.54, 1.807) is 0 Å². The lowest BCUT2D eigenvalue weighted by molar-refractivity contribution is -0.274. The van der Waals surface area contributed by atoms with Crippen LogP contribution >= 0.6 is 0 Å². The van der Waals surface area contributed by atoms with Crippen molar-refractivity contribution in [3.8, 4) is 16.9 Å². The number of halogens is 4. The summed E-state index contributed by atoms with van der Waals surface area (Å²) in [6.45, 7) is 0. The topological polar surface area (TPSA) is 42.1 Å². The van der Waals surface area contributed by atoms with Crippen molar-refractivity contribution in [2.24, 2.45) is 0 Å². The summed E-state index contributed by atoms with van der Waals surface area (Å²) in [4.78, 5) is 13.0. The summed E-state index contributed by atoms with van der Waals surface area (Å²) >= 11 is 0. The lowest BCUT2D eigenvalue weighted by atomic mass is 10.1. The third kappa shape index (κ3) is 3.34. The van der Waals surface area contributed by atoms with Crippen LogP contribution in [0, 0.1) is 5.95 Å². The minimum atomic E-state index is -4.87. The van der Waals surface area contributed by atoms with Gasteiger partial charge in [-0.2, -0.15) is 4.39 Å². The number of aromatic amines is 1. The van der Waals surface area contributed by atoms with Gasteiger partial charge in [0.2, 0.25) is 0 Å². The van der Waals surface area contributed by atoms with Crippen LogP contribution in [0.4, 0.5) is 17.6 Å². The lowest BCUT2D eigenvalue weighted by Gasteiger charge is -2.13. The van der Waals surface area contributed by atoms with E-state index in [2.05, 4.69) is 4.74 Å². The number of alkyl halides is 3. The second kappa shape index (κ2) is 4.75. The van der Waals surface area contributed by atoms with E-state index in [0.29, 0.717) is 0 Å². The van der Waals surface area contributed by atoms with E-state index < -0.39 is 23.6 Å². The highest BCUT2D eigenvalue weighted by Gasteiger charge is 2.32. The fraction of sp³-hybridized carbons (Fsp3) is 0.0833. The number of benzene rings is 1. The molecule has 19 heavy (non-hydrogen) atoms. The maximum atomic E-state index is 13.1. The molecular weight excluding hydrogens is 266 g/mol. The zero-order valence-electron chi connectivity index (χ0n) is 9.29. The van der Waals surface area contributed by atoms with Crippen LogP contribution in [0.3, 0.4) is 0 Å². The minimum Gasteiger partial charge on any atom is -0.405 e. The van der Waals surface area contributed by atoms with Gasteiger partial charge < -0.3 is 4.74 Å². The van der Waals surface area contributed by atoms with E-state index in [1.807, 2.05) is 4.98 Å². The molecule has 2 rings (SSSR count). The van der Waals surface area contributed by atoms with Crippen LogP contribution in [0.15, 0.2) is 41.2 Å². The second-order valence-electron chi connectivity index (χ2n) is 3.63. The molecule has 1 N–H and O–H groups in total. The van der Waals surface area contributed by atoms with Gasteiger partial charge >= 0.3 is 6.36 Å². The van der Waals surface area contributed by atoms with Gasteiger partial charge in [-0.05, 0) is 17.7 Å². The van der Waals surface area contributed by atoms with Gasteiger partial charge in [0.15, 0.2) is 5.95 Å². The molecule has 0 amide bonds. The van der Waals surface area contributed by atoms with Crippen molar-refractivity contribution in [3.63, 3.8) is 0 Å². The molecule has 0 bridgehead atoms. The third-order valence-electron chi connectivity index (χ3n) is 2.24. The molecule has 1 aromatic carbocycles. The number of hydrogen-bond donors (Lipinski definition) is 1. The first-order valence-corrected chi connectivity index (χ1v) is 5.10. The predicted molar refractivity (Wildman–Crippen MR) is 59.1 cm³/mol. The van der Waals surface area contributed by atoms with Gasteiger partial charge in [-0.3, -0.25) is 9.78 Å². The fourth-order valence-corrected chi connectivity index (χ4v) is 1.58. The standard InChI is InChI=1S/C12H7F4NO2/c13-10-5-7(6-11(18)17-10)8-3-1-2-4-9(8)19-12(14,15)16/h1-6H,(H,17,18). The van der Waals surface area contributed by atoms with Crippen molar-refractivity contribution in [1.29, 1.82) is 0 Å². The minimum absolute atomic E-state index is 0.00102. The van der Waals surface area contributed by atoms with Gasteiger partial charge in [0.1, 0.15) is 5.75 Å². The number of aromatic nitrogens is 1. The first-order chi connectivity index (χ1) is 8.85. The van der Waals surface area contributed by atoms with Crippen LogP contribution < -0.4 is 10.3 Å². The number of hydrogen-bond acceptors (Lipinski definition) is 2. The molecule has 0 saturated heterocycles. The Kier molecular flexibility index (Phi) is 3.28. The highest BCUT2D eigenvalue weighted by Crippen LogP contribution is 2.33. The Morgan fingerprint density at radius 1 is 1.11 bits per heavy atom. The quantitative estimate of drug-likeness (QED) is 0.675. The van der Waals surface area contributed by atoms with Gasteiger partial charge in [0.05, 0.1) is 0 Å². The summed E-state index contributed by atoms with van der Waals surface area (Å²) in [7, 11) is 0. The summed E-state index contributed by atoms with van der Waals surface area (Å²) in [5.74, 6) is -1.44.